The Morgan fingerprint density at radius 3 is 2.35 bits per heavy atom. The summed E-state index contributed by atoms with van der Waals surface area (Å²) in [6.45, 7) is 4.15. The van der Waals surface area contributed by atoms with E-state index >= 15 is 0 Å². The Hall–Kier alpha value is -4.09. The van der Waals surface area contributed by atoms with Crippen LogP contribution >= 0.6 is 0 Å². The number of pyridine rings is 1. The van der Waals surface area contributed by atoms with E-state index in [2.05, 4.69) is 20.6 Å². The molecule has 2 unspecified atom stereocenters. The zero-order valence-electron chi connectivity index (χ0n) is 19.9. The molecule has 3 rings (SSSR count). The van der Waals surface area contributed by atoms with Crippen LogP contribution < -0.4 is 11.1 Å². The molecular formula is C22H21F6N7O2. The van der Waals surface area contributed by atoms with Gasteiger partial charge in [-0.15, -0.1) is 0 Å². The molecule has 0 spiro atoms. The van der Waals surface area contributed by atoms with Gasteiger partial charge in [0, 0.05) is 12.3 Å². The molecule has 37 heavy (non-hydrogen) atoms. The first kappa shape index (κ1) is 27.5. The highest BCUT2D eigenvalue weighted by Gasteiger charge is 2.51. The molecule has 198 valence electrons. The molecule has 3 aromatic heterocycles. The number of anilines is 2. The van der Waals surface area contributed by atoms with E-state index in [1.807, 2.05) is 0 Å². The second kappa shape index (κ2) is 9.41. The zero-order chi connectivity index (χ0) is 27.9. The molecule has 0 saturated heterocycles. The van der Waals surface area contributed by atoms with E-state index in [0.717, 1.165) is 26.8 Å². The summed E-state index contributed by atoms with van der Waals surface area (Å²) in [7, 11) is 0. The SMILES string of the molecule is CC(C(=O)Nc1cc(C(C)(C)C(F)(F)F)on1)c1ccc(-c2nn(C(C)C(F)(F)F)c(N)c2C#N)nc1. The van der Waals surface area contributed by atoms with Crippen molar-refractivity contribution in [2.24, 2.45) is 0 Å². The van der Waals surface area contributed by atoms with Gasteiger partial charge in [-0.2, -0.15) is 36.7 Å². The third-order valence-corrected chi connectivity index (χ3v) is 5.91. The number of aromatic nitrogens is 4. The van der Waals surface area contributed by atoms with Crippen LogP contribution in [-0.4, -0.2) is 38.2 Å². The van der Waals surface area contributed by atoms with Gasteiger partial charge >= 0.3 is 12.4 Å². The van der Waals surface area contributed by atoms with Crippen molar-refractivity contribution < 1.29 is 35.7 Å². The number of nitrogens with two attached hydrogens (primary N) is 1. The number of halogens is 6. The molecule has 0 aromatic carbocycles. The van der Waals surface area contributed by atoms with Gasteiger partial charge in [0.2, 0.25) is 5.91 Å². The largest absolute Gasteiger partial charge is 0.410 e. The molecule has 15 heteroatoms. The van der Waals surface area contributed by atoms with Gasteiger partial charge in [0.05, 0.1) is 11.6 Å². The summed E-state index contributed by atoms with van der Waals surface area (Å²) in [6.07, 6.45) is -8.01. The number of nitriles is 1. The Balaban J connectivity index is 1.80. The van der Waals surface area contributed by atoms with Gasteiger partial charge in [-0.3, -0.25) is 9.78 Å². The molecule has 9 nitrogen and oxygen atoms in total. The first-order chi connectivity index (χ1) is 17.0. The van der Waals surface area contributed by atoms with Crippen molar-refractivity contribution in [2.45, 2.75) is 57.4 Å². The molecule has 0 aliphatic heterocycles. The lowest BCUT2D eigenvalue weighted by Gasteiger charge is -2.24. The molecule has 0 fully saturated rings. The summed E-state index contributed by atoms with van der Waals surface area (Å²) in [5, 5.41) is 19.1. The van der Waals surface area contributed by atoms with Crippen LogP contribution in [0.3, 0.4) is 0 Å². The Morgan fingerprint density at radius 1 is 1.19 bits per heavy atom. The van der Waals surface area contributed by atoms with Crippen LogP contribution in [0, 0.1) is 11.3 Å². The number of nitrogen functional groups attached to an aromatic ring is 1. The van der Waals surface area contributed by atoms with Crippen LogP contribution in [0.15, 0.2) is 28.9 Å². The number of hydrogen-bond acceptors (Lipinski definition) is 7. The van der Waals surface area contributed by atoms with E-state index in [0.29, 0.717) is 10.2 Å². The maximum Gasteiger partial charge on any atom is 0.410 e. The fraction of sp³-hybridized carbons (Fsp3) is 0.409. The Labute approximate surface area is 206 Å². The minimum Gasteiger partial charge on any atom is -0.383 e. The number of nitrogens with one attached hydrogen (secondary N) is 1. The van der Waals surface area contributed by atoms with Gasteiger partial charge in [0.25, 0.3) is 0 Å². The number of hydrogen-bond donors (Lipinski definition) is 2. The van der Waals surface area contributed by atoms with E-state index in [9.17, 15) is 36.4 Å². The van der Waals surface area contributed by atoms with Crippen molar-refractivity contribution in [2.75, 3.05) is 11.1 Å². The predicted molar refractivity (Wildman–Crippen MR) is 118 cm³/mol. The summed E-state index contributed by atoms with van der Waals surface area (Å²) < 4.78 is 84.2. The molecule has 0 radical (unpaired) electrons. The lowest BCUT2D eigenvalue weighted by molar-refractivity contribution is -0.185. The number of carbonyl (C=O) groups excluding carboxylic acids is 1. The minimum atomic E-state index is -4.66. The fourth-order valence-corrected chi connectivity index (χ4v) is 3.13. The molecule has 3 N–H and O–H groups in total. The monoisotopic (exact) mass is 529 g/mol. The zero-order valence-corrected chi connectivity index (χ0v) is 19.9. The van der Waals surface area contributed by atoms with Crippen molar-refractivity contribution in [1.82, 2.24) is 19.9 Å². The quantitative estimate of drug-likeness (QED) is 0.425. The second-order valence-corrected chi connectivity index (χ2v) is 8.77. The van der Waals surface area contributed by atoms with Crippen LogP contribution in [0.25, 0.3) is 11.4 Å². The van der Waals surface area contributed by atoms with Crippen molar-refractivity contribution >= 4 is 17.5 Å². The average molecular weight is 529 g/mol. The van der Waals surface area contributed by atoms with Gasteiger partial charge in [-0.1, -0.05) is 11.2 Å². The maximum absolute atomic E-state index is 13.2. The van der Waals surface area contributed by atoms with Crippen LogP contribution in [0.2, 0.25) is 0 Å². The molecule has 0 aliphatic rings. The third kappa shape index (κ3) is 5.23. The topological polar surface area (TPSA) is 136 Å². The van der Waals surface area contributed by atoms with Gasteiger partial charge in [-0.05, 0) is 39.3 Å². The number of alkyl halides is 6. The highest BCUT2D eigenvalue weighted by atomic mass is 19.4. The van der Waals surface area contributed by atoms with Crippen LogP contribution in [0.1, 0.15) is 56.5 Å². The molecule has 1 amide bonds. The highest BCUT2D eigenvalue weighted by molar-refractivity contribution is 5.94. The molecule has 3 aromatic rings. The average Bonchev–Trinajstić information content (AvgIpc) is 3.41. The van der Waals surface area contributed by atoms with Crippen molar-refractivity contribution in [3.05, 3.63) is 41.3 Å². The molecule has 0 aliphatic carbocycles. The lowest BCUT2D eigenvalue weighted by atomic mass is 9.89. The van der Waals surface area contributed by atoms with Gasteiger partial charge in [0.1, 0.15) is 34.6 Å². The number of nitrogens with zero attached hydrogens (tertiary/aromatic N) is 5. The van der Waals surface area contributed by atoms with Crippen LogP contribution in [0.5, 0.6) is 0 Å². The van der Waals surface area contributed by atoms with Crippen LogP contribution in [-0.2, 0) is 10.2 Å². The van der Waals surface area contributed by atoms with Gasteiger partial charge in [0.15, 0.2) is 11.6 Å². The van der Waals surface area contributed by atoms with Gasteiger partial charge in [-0.25, -0.2) is 4.68 Å². The van der Waals surface area contributed by atoms with E-state index < -0.39 is 47.2 Å². The standard InChI is InChI=1S/C22H21F6N7O2/c1-10(19(36)32-16-7-15(37-34-16)20(3,4)22(26,27)28)12-5-6-14(31-9-12)17-13(8-29)18(30)35(33-17)11(2)21(23,24)25/h5-7,9-11H,30H2,1-4H3,(H,32,34,36). The Morgan fingerprint density at radius 2 is 1.84 bits per heavy atom. The molecule has 2 atom stereocenters. The maximum atomic E-state index is 13.2. The Kier molecular flexibility index (Phi) is 7.00. The number of amides is 1. The van der Waals surface area contributed by atoms with E-state index in [4.69, 9.17) is 10.3 Å². The van der Waals surface area contributed by atoms with Crippen LogP contribution in [0.4, 0.5) is 38.0 Å². The smallest absolute Gasteiger partial charge is 0.383 e. The predicted octanol–water partition coefficient (Wildman–Crippen LogP) is 5.09. The van der Waals surface area contributed by atoms with Crippen molar-refractivity contribution in [1.29, 1.82) is 5.26 Å². The second-order valence-electron chi connectivity index (χ2n) is 8.77. The summed E-state index contributed by atoms with van der Waals surface area (Å²) >= 11 is 0. The minimum absolute atomic E-state index is 0.0447. The van der Waals surface area contributed by atoms with Crippen molar-refractivity contribution in [3.8, 4) is 17.5 Å². The summed E-state index contributed by atoms with van der Waals surface area (Å²) in [4.78, 5) is 16.7. The third-order valence-electron chi connectivity index (χ3n) is 5.91. The lowest BCUT2D eigenvalue weighted by Crippen LogP contribution is -2.35. The van der Waals surface area contributed by atoms with E-state index in [1.165, 1.54) is 25.3 Å². The Bertz CT molecular complexity index is 1330. The molecule has 0 bridgehead atoms. The first-order valence-electron chi connectivity index (χ1n) is 10.6. The number of rotatable bonds is 6. The summed E-state index contributed by atoms with van der Waals surface area (Å²) in [6, 6.07) is 3.41. The fourth-order valence-electron chi connectivity index (χ4n) is 3.13. The first-order valence-corrected chi connectivity index (χ1v) is 10.6. The summed E-state index contributed by atoms with van der Waals surface area (Å²) in [5.41, 5.74) is 3.34. The highest BCUT2D eigenvalue weighted by Crippen LogP contribution is 2.41. The van der Waals surface area contributed by atoms with E-state index in [-0.39, 0.29) is 22.8 Å². The van der Waals surface area contributed by atoms with Gasteiger partial charge < -0.3 is 15.6 Å². The molecule has 0 saturated carbocycles. The van der Waals surface area contributed by atoms with Crippen molar-refractivity contribution in [3.63, 3.8) is 0 Å². The molecule has 3 heterocycles. The van der Waals surface area contributed by atoms with E-state index in [1.54, 1.807) is 6.07 Å². The number of carbonyl (C=O) groups is 1. The molecular weight excluding hydrogens is 508 g/mol. The summed E-state index contributed by atoms with van der Waals surface area (Å²) in [5.74, 6) is -2.67. The normalized spacial score (nSPS) is 14.2.